The summed E-state index contributed by atoms with van der Waals surface area (Å²) in [5.74, 6) is 1.66. The van der Waals surface area contributed by atoms with Crippen LogP contribution in [-0.4, -0.2) is 13.7 Å². The molecule has 0 aliphatic rings. The smallest absolute Gasteiger partial charge is 0.122 e. The molecule has 0 heterocycles. The van der Waals surface area contributed by atoms with E-state index in [9.17, 15) is 5.26 Å². The van der Waals surface area contributed by atoms with E-state index >= 15 is 0 Å². The number of benzene rings is 2. The van der Waals surface area contributed by atoms with Crippen molar-refractivity contribution in [3.8, 4) is 17.6 Å². The molecule has 0 aliphatic carbocycles. The zero-order valence-corrected chi connectivity index (χ0v) is 13.8. The number of methoxy groups -OCH3 is 1. The fourth-order valence-electron chi connectivity index (χ4n) is 2.59. The topological polar surface area (TPSA) is 42.2 Å². The van der Waals surface area contributed by atoms with Crippen LogP contribution in [0.15, 0.2) is 48.5 Å². The molecule has 0 saturated carbocycles. The van der Waals surface area contributed by atoms with Crippen molar-refractivity contribution in [2.45, 2.75) is 32.1 Å². The fourth-order valence-corrected chi connectivity index (χ4v) is 2.59. The van der Waals surface area contributed by atoms with Crippen LogP contribution in [0.2, 0.25) is 0 Å². The van der Waals surface area contributed by atoms with Gasteiger partial charge < -0.3 is 9.47 Å². The van der Waals surface area contributed by atoms with Crippen LogP contribution < -0.4 is 9.47 Å². The minimum atomic E-state index is -0.106. The average Bonchev–Trinajstić information content (AvgIpc) is 2.62. The number of rotatable bonds is 8. The van der Waals surface area contributed by atoms with Gasteiger partial charge in [0.1, 0.15) is 11.5 Å². The molecule has 2 aromatic carbocycles. The zero-order chi connectivity index (χ0) is 16.5. The van der Waals surface area contributed by atoms with Gasteiger partial charge in [-0.1, -0.05) is 37.3 Å². The van der Waals surface area contributed by atoms with Crippen LogP contribution in [0.25, 0.3) is 0 Å². The lowest BCUT2D eigenvalue weighted by Crippen LogP contribution is -2.03. The molecule has 0 amide bonds. The molecule has 1 atom stereocenters. The molecule has 0 bridgehead atoms. The number of hydrogen-bond acceptors (Lipinski definition) is 3. The van der Waals surface area contributed by atoms with Gasteiger partial charge in [-0.3, -0.25) is 0 Å². The van der Waals surface area contributed by atoms with E-state index in [0.717, 1.165) is 41.9 Å². The first-order valence-corrected chi connectivity index (χ1v) is 8.02. The van der Waals surface area contributed by atoms with Crippen molar-refractivity contribution in [3.05, 3.63) is 59.7 Å². The summed E-state index contributed by atoms with van der Waals surface area (Å²) >= 11 is 0. The van der Waals surface area contributed by atoms with E-state index in [0.29, 0.717) is 6.61 Å². The second-order valence-electron chi connectivity index (χ2n) is 5.41. The Kier molecular flexibility index (Phi) is 6.50. The van der Waals surface area contributed by atoms with Gasteiger partial charge in [-0.05, 0) is 48.6 Å². The SMILES string of the molecule is CCc1cc(C(C#N)CCCOc2ccccc2)ccc1OC. The summed E-state index contributed by atoms with van der Waals surface area (Å²) < 4.78 is 11.0. The third kappa shape index (κ3) is 4.75. The van der Waals surface area contributed by atoms with Gasteiger partial charge in [0.05, 0.1) is 25.7 Å². The van der Waals surface area contributed by atoms with Gasteiger partial charge in [0, 0.05) is 0 Å². The quantitative estimate of drug-likeness (QED) is 0.662. The summed E-state index contributed by atoms with van der Waals surface area (Å²) in [6.45, 7) is 2.72. The average molecular weight is 309 g/mol. The molecule has 0 aliphatic heterocycles. The standard InChI is InChI=1S/C20H23NO2/c1-3-16-14-17(11-12-20(16)22-2)18(15-21)8-7-13-23-19-9-5-4-6-10-19/h4-6,9-12,14,18H,3,7-8,13H2,1-2H3. The molecule has 0 N–H and O–H groups in total. The molecule has 0 fully saturated rings. The Balaban J connectivity index is 1.91. The summed E-state index contributed by atoms with van der Waals surface area (Å²) in [6.07, 6.45) is 2.53. The minimum Gasteiger partial charge on any atom is -0.496 e. The van der Waals surface area contributed by atoms with Gasteiger partial charge in [0.25, 0.3) is 0 Å². The molecule has 2 aromatic rings. The number of nitrogens with zero attached hydrogens (tertiary/aromatic N) is 1. The van der Waals surface area contributed by atoms with Gasteiger partial charge in [0.2, 0.25) is 0 Å². The molecular weight excluding hydrogens is 286 g/mol. The van der Waals surface area contributed by atoms with Gasteiger partial charge >= 0.3 is 0 Å². The highest BCUT2D eigenvalue weighted by Crippen LogP contribution is 2.27. The first kappa shape index (κ1) is 16.9. The normalized spacial score (nSPS) is 11.5. The number of nitriles is 1. The van der Waals surface area contributed by atoms with E-state index in [1.807, 2.05) is 42.5 Å². The fraction of sp³-hybridized carbons (Fsp3) is 0.350. The monoisotopic (exact) mass is 309 g/mol. The highest BCUT2D eigenvalue weighted by atomic mass is 16.5. The lowest BCUT2D eigenvalue weighted by atomic mass is 9.93. The summed E-state index contributed by atoms with van der Waals surface area (Å²) in [5.41, 5.74) is 2.20. The first-order valence-electron chi connectivity index (χ1n) is 8.02. The zero-order valence-electron chi connectivity index (χ0n) is 13.8. The maximum absolute atomic E-state index is 9.46. The van der Waals surface area contributed by atoms with Crippen molar-refractivity contribution in [3.63, 3.8) is 0 Å². The minimum absolute atomic E-state index is 0.106. The Hall–Kier alpha value is -2.47. The van der Waals surface area contributed by atoms with E-state index < -0.39 is 0 Å². The van der Waals surface area contributed by atoms with E-state index in [4.69, 9.17) is 9.47 Å². The summed E-state index contributed by atoms with van der Waals surface area (Å²) in [5, 5.41) is 9.46. The Bertz CT molecular complexity index is 646. The van der Waals surface area contributed by atoms with Gasteiger partial charge in [-0.25, -0.2) is 0 Å². The summed E-state index contributed by atoms with van der Waals surface area (Å²) in [4.78, 5) is 0. The summed E-state index contributed by atoms with van der Waals surface area (Å²) in [7, 11) is 1.68. The lowest BCUT2D eigenvalue weighted by molar-refractivity contribution is 0.305. The van der Waals surface area contributed by atoms with E-state index in [1.165, 1.54) is 0 Å². The van der Waals surface area contributed by atoms with E-state index in [-0.39, 0.29) is 5.92 Å². The molecule has 3 heteroatoms. The number of ether oxygens (including phenoxy) is 2. The van der Waals surface area contributed by atoms with Crippen LogP contribution in [0.3, 0.4) is 0 Å². The van der Waals surface area contributed by atoms with Crippen molar-refractivity contribution in [1.29, 1.82) is 5.26 Å². The summed E-state index contributed by atoms with van der Waals surface area (Å²) in [6, 6.07) is 18.2. The molecule has 2 rings (SSSR count). The van der Waals surface area contributed by atoms with E-state index in [2.05, 4.69) is 19.1 Å². The molecule has 0 spiro atoms. The molecule has 0 aromatic heterocycles. The molecule has 0 radical (unpaired) electrons. The lowest BCUT2D eigenvalue weighted by Gasteiger charge is -2.13. The van der Waals surface area contributed by atoms with Crippen molar-refractivity contribution < 1.29 is 9.47 Å². The molecule has 120 valence electrons. The third-order valence-electron chi connectivity index (χ3n) is 3.89. The maximum Gasteiger partial charge on any atom is 0.122 e. The van der Waals surface area contributed by atoms with Crippen molar-refractivity contribution >= 4 is 0 Å². The van der Waals surface area contributed by atoms with E-state index in [1.54, 1.807) is 7.11 Å². The first-order chi connectivity index (χ1) is 11.3. The van der Waals surface area contributed by atoms with Gasteiger partial charge in [0.15, 0.2) is 0 Å². The molecule has 3 nitrogen and oxygen atoms in total. The largest absolute Gasteiger partial charge is 0.496 e. The molecule has 0 saturated heterocycles. The third-order valence-corrected chi connectivity index (χ3v) is 3.89. The molecule has 23 heavy (non-hydrogen) atoms. The Labute approximate surface area is 138 Å². The van der Waals surface area contributed by atoms with Crippen LogP contribution in [0.1, 0.15) is 36.8 Å². The Morgan fingerprint density at radius 3 is 2.57 bits per heavy atom. The van der Waals surface area contributed by atoms with Crippen molar-refractivity contribution in [2.24, 2.45) is 0 Å². The highest BCUT2D eigenvalue weighted by molar-refractivity contribution is 5.40. The van der Waals surface area contributed by atoms with Gasteiger partial charge in [-0.15, -0.1) is 0 Å². The van der Waals surface area contributed by atoms with Crippen molar-refractivity contribution in [1.82, 2.24) is 0 Å². The van der Waals surface area contributed by atoms with Crippen LogP contribution in [0.4, 0.5) is 0 Å². The van der Waals surface area contributed by atoms with Crippen molar-refractivity contribution in [2.75, 3.05) is 13.7 Å². The van der Waals surface area contributed by atoms with Gasteiger partial charge in [-0.2, -0.15) is 5.26 Å². The molecule has 1 unspecified atom stereocenters. The predicted molar refractivity (Wildman–Crippen MR) is 91.9 cm³/mol. The van der Waals surface area contributed by atoms with Crippen LogP contribution in [-0.2, 0) is 6.42 Å². The van der Waals surface area contributed by atoms with Crippen LogP contribution in [0.5, 0.6) is 11.5 Å². The van der Waals surface area contributed by atoms with Crippen LogP contribution >= 0.6 is 0 Å². The second kappa shape index (κ2) is 8.85. The number of para-hydroxylation sites is 1. The predicted octanol–water partition coefficient (Wildman–Crippen LogP) is 4.72. The van der Waals surface area contributed by atoms with Crippen LogP contribution in [0, 0.1) is 11.3 Å². The number of aryl methyl sites for hydroxylation is 1. The highest BCUT2D eigenvalue weighted by Gasteiger charge is 2.13. The molecular formula is C20H23NO2. The second-order valence-corrected chi connectivity index (χ2v) is 5.41. The number of hydrogen-bond donors (Lipinski definition) is 0. The Morgan fingerprint density at radius 2 is 1.91 bits per heavy atom. The maximum atomic E-state index is 9.46. The Morgan fingerprint density at radius 1 is 1.13 bits per heavy atom.